The molecule has 1 radical (unpaired) electrons. The van der Waals surface area contributed by atoms with Crippen molar-refractivity contribution in [2.45, 2.75) is 19.8 Å². The quantitative estimate of drug-likeness (QED) is 0.303. The SMILES string of the molecule is [CH2-]CCC.[Cl-].[Cl-].[Cl-].[Li+].[Ti+3]. The third kappa shape index (κ3) is 67.3. The largest absolute Gasteiger partial charge is 3.00 e. The van der Waals surface area contributed by atoms with Crippen LogP contribution in [0.4, 0.5) is 0 Å². The van der Waals surface area contributed by atoms with Crippen LogP contribution in [0.1, 0.15) is 19.8 Å². The summed E-state index contributed by atoms with van der Waals surface area (Å²) in [5, 5.41) is 0. The minimum Gasteiger partial charge on any atom is -1.00 e. The van der Waals surface area contributed by atoms with Crippen molar-refractivity contribution >= 4 is 0 Å². The number of unbranched alkanes of at least 4 members (excludes halogenated alkanes) is 1. The van der Waals surface area contributed by atoms with E-state index in [0.29, 0.717) is 0 Å². The zero-order valence-corrected chi connectivity index (χ0v) is 9.58. The predicted octanol–water partition coefficient (Wildman–Crippen LogP) is -10.4. The van der Waals surface area contributed by atoms with E-state index < -0.39 is 0 Å². The van der Waals surface area contributed by atoms with Gasteiger partial charge in [0.1, 0.15) is 0 Å². The third-order valence-electron chi connectivity index (χ3n) is 0.354. The fourth-order valence-electron chi connectivity index (χ4n) is 0. The summed E-state index contributed by atoms with van der Waals surface area (Å²) in [6, 6.07) is 0. The fourth-order valence-corrected chi connectivity index (χ4v) is 0. The molecule has 0 bridgehead atoms. The Morgan fingerprint density at radius 3 is 1.22 bits per heavy atom. The first-order valence-electron chi connectivity index (χ1n) is 1.71. The van der Waals surface area contributed by atoms with Gasteiger partial charge in [0.15, 0.2) is 0 Å². The molecular weight excluding hydrogens is 209 g/mol. The molecule has 0 aliphatic rings. The van der Waals surface area contributed by atoms with Gasteiger partial charge in [-0.15, -0.1) is 0 Å². The van der Waals surface area contributed by atoms with Gasteiger partial charge in [0.2, 0.25) is 0 Å². The zero-order chi connectivity index (χ0) is 3.41. The van der Waals surface area contributed by atoms with Gasteiger partial charge in [0.05, 0.1) is 0 Å². The molecule has 0 N–H and O–H groups in total. The van der Waals surface area contributed by atoms with Gasteiger partial charge in [-0.2, -0.15) is 6.42 Å². The Balaban J connectivity index is -0.00000000450. The Hall–Kier alpha value is 2.18. The Labute approximate surface area is 104 Å². The number of rotatable bonds is 1. The summed E-state index contributed by atoms with van der Waals surface area (Å²) in [5.41, 5.74) is 0. The number of hydrogen-bond donors (Lipinski definition) is 0. The molecule has 0 unspecified atom stereocenters. The molecule has 0 aromatic heterocycles. The van der Waals surface area contributed by atoms with E-state index in [9.17, 15) is 0 Å². The topological polar surface area (TPSA) is 0 Å². The molecule has 0 aromatic rings. The predicted molar refractivity (Wildman–Crippen MR) is 20.3 cm³/mol. The first-order chi connectivity index (χ1) is 1.91. The Morgan fingerprint density at radius 1 is 1.11 bits per heavy atom. The van der Waals surface area contributed by atoms with Crippen molar-refractivity contribution in [1.29, 1.82) is 0 Å². The average Bonchev–Trinajstić information content (AvgIpc) is 1.37. The van der Waals surface area contributed by atoms with E-state index in [1.54, 1.807) is 0 Å². The fraction of sp³-hybridized carbons (Fsp3) is 0.750. The van der Waals surface area contributed by atoms with Crippen LogP contribution in [0.2, 0.25) is 0 Å². The van der Waals surface area contributed by atoms with Crippen LogP contribution in [0.3, 0.4) is 0 Å². The van der Waals surface area contributed by atoms with E-state index in [2.05, 4.69) is 13.8 Å². The van der Waals surface area contributed by atoms with Crippen LogP contribution in [0.15, 0.2) is 0 Å². The Kier molecular flexibility index (Phi) is 235. The smallest absolute Gasteiger partial charge is 1.00 e. The van der Waals surface area contributed by atoms with Crippen molar-refractivity contribution in [3.63, 3.8) is 0 Å². The minimum absolute atomic E-state index is 0. The third-order valence-corrected chi connectivity index (χ3v) is 0.354. The molecule has 51 valence electrons. The number of halogens is 3. The minimum atomic E-state index is 0. The van der Waals surface area contributed by atoms with Crippen molar-refractivity contribution in [1.82, 2.24) is 0 Å². The molecule has 0 heterocycles. The summed E-state index contributed by atoms with van der Waals surface area (Å²) in [7, 11) is 0. The molecule has 0 aromatic carbocycles. The van der Waals surface area contributed by atoms with E-state index in [1.807, 2.05) is 0 Å². The van der Waals surface area contributed by atoms with Crippen LogP contribution >= 0.6 is 0 Å². The molecular formula is C4H9Cl3LiTi. The van der Waals surface area contributed by atoms with Gasteiger partial charge >= 0.3 is 40.6 Å². The summed E-state index contributed by atoms with van der Waals surface area (Å²) in [5.74, 6) is 0. The Morgan fingerprint density at radius 2 is 1.22 bits per heavy atom. The molecule has 0 amide bonds. The molecule has 0 fully saturated rings. The summed E-state index contributed by atoms with van der Waals surface area (Å²) >= 11 is 0. The molecule has 0 saturated heterocycles. The molecule has 0 rings (SSSR count). The van der Waals surface area contributed by atoms with Crippen molar-refractivity contribution in [2.75, 3.05) is 0 Å². The van der Waals surface area contributed by atoms with Crippen LogP contribution in [0.5, 0.6) is 0 Å². The maximum atomic E-state index is 3.60. The van der Waals surface area contributed by atoms with Crippen molar-refractivity contribution in [3.05, 3.63) is 6.92 Å². The summed E-state index contributed by atoms with van der Waals surface area (Å²) in [4.78, 5) is 0. The van der Waals surface area contributed by atoms with Crippen LogP contribution in [0.25, 0.3) is 0 Å². The van der Waals surface area contributed by atoms with E-state index in [-0.39, 0.29) is 77.8 Å². The van der Waals surface area contributed by atoms with E-state index >= 15 is 0 Å². The molecule has 0 aliphatic carbocycles. The molecule has 0 nitrogen and oxygen atoms in total. The normalized spacial score (nSPS) is 3.33. The van der Waals surface area contributed by atoms with Crippen LogP contribution in [0, 0.1) is 6.92 Å². The van der Waals surface area contributed by atoms with Gasteiger partial charge in [-0.25, -0.2) is 0 Å². The first kappa shape index (κ1) is 43.2. The van der Waals surface area contributed by atoms with Gasteiger partial charge in [0.25, 0.3) is 0 Å². The maximum absolute atomic E-state index is 3.60. The monoisotopic (exact) mass is 217 g/mol. The van der Waals surface area contributed by atoms with Crippen molar-refractivity contribution < 1.29 is 77.8 Å². The van der Waals surface area contributed by atoms with Crippen LogP contribution in [-0.4, -0.2) is 0 Å². The standard InChI is InChI=1S/C4H9.3ClH.Li.Ti/c1-3-4-2;;;;;/h1,3-4H2,2H3;3*1H;;/q-1;;;;+1;+3/p-3. The molecule has 0 spiro atoms. The van der Waals surface area contributed by atoms with Gasteiger partial charge < -0.3 is 44.1 Å². The van der Waals surface area contributed by atoms with Gasteiger partial charge in [0, 0.05) is 0 Å². The van der Waals surface area contributed by atoms with Gasteiger partial charge in [-0.05, 0) is 0 Å². The summed E-state index contributed by atoms with van der Waals surface area (Å²) < 4.78 is 0. The molecule has 0 atom stereocenters. The maximum Gasteiger partial charge on any atom is 3.00 e. The van der Waals surface area contributed by atoms with E-state index in [1.165, 1.54) is 6.42 Å². The van der Waals surface area contributed by atoms with E-state index in [4.69, 9.17) is 0 Å². The molecule has 9 heavy (non-hydrogen) atoms. The number of hydrogen-bond acceptors (Lipinski definition) is 0. The first-order valence-corrected chi connectivity index (χ1v) is 1.71. The molecule has 0 saturated carbocycles. The van der Waals surface area contributed by atoms with Crippen molar-refractivity contribution in [2.24, 2.45) is 0 Å². The molecule has 0 aliphatic heterocycles. The van der Waals surface area contributed by atoms with Gasteiger partial charge in [-0.3, -0.25) is 0 Å². The van der Waals surface area contributed by atoms with Crippen LogP contribution in [-0.2, 0) is 21.7 Å². The zero-order valence-electron chi connectivity index (χ0n) is 5.76. The second-order valence-corrected chi connectivity index (χ2v) is 0.854. The van der Waals surface area contributed by atoms with Crippen LogP contribution < -0.4 is 56.1 Å². The van der Waals surface area contributed by atoms with Crippen molar-refractivity contribution in [3.8, 4) is 0 Å². The summed E-state index contributed by atoms with van der Waals surface area (Å²) in [6.07, 6.45) is 2.28. The average molecular weight is 218 g/mol. The van der Waals surface area contributed by atoms with Gasteiger partial charge in [-0.1, -0.05) is 13.3 Å². The van der Waals surface area contributed by atoms with E-state index in [0.717, 1.165) is 6.42 Å². The Bertz CT molecular complexity index is 17.8. The second kappa shape index (κ2) is 49.1. The summed E-state index contributed by atoms with van der Waals surface area (Å²) in [6.45, 7) is 5.72. The second-order valence-electron chi connectivity index (χ2n) is 0.854. The molecule has 5 heteroatoms.